The zero-order valence-corrected chi connectivity index (χ0v) is 17.3. The molecule has 0 spiro atoms. The van der Waals surface area contributed by atoms with Crippen molar-refractivity contribution in [1.82, 2.24) is 14.4 Å². The van der Waals surface area contributed by atoms with Crippen LogP contribution in [0.3, 0.4) is 0 Å². The smallest absolute Gasteiger partial charge is 0.322 e. The predicted molar refractivity (Wildman–Crippen MR) is 116 cm³/mol. The topological polar surface area (TPSA) is 57.6 Å². The Kier molecular flexibility index (Phi) is 6.75. The van der Waals surface area contributed by atoms with Crippen molar-refractivity contribution < 1.29 is 9.59 Å². The zero-order chi connectivity index (χ0) is 20.8. The highest BCUT2D eigenvalue weighted by atomic mass is 16.2. The lowest BCUT2D eigenvalue weighted by atomic mass is 10.1. The number of aryl methyl sites for hydroxylation is 2. The van der Waals surface area contributed by atoms with Gasteiger partial charge < -0.3 is 19.7 Å². The quantitative estimate of drug-likeness (QED) is 0.658. The van der Waals surface area contributed by atoms with Gasteiger partial charge in [0.1, 0.15) is 6.54 Å². The van der Waals surface area contributed by atoms with Crippen LogP contribution < -0.4 is 5.32 Å². The molecule has 0 unspecified atom stereocenters. The maximum absolute atomic E-state index is 13.1. The lowest BCUT2D eigenvalue weighted by Gasteiger charge is -2.27. The van der Waals surface area contributed by atoms with Gasteiger partial charge in [0.15, 0.2) is 0 Å². The summed E-state index contributed by atoms with van der Waals surface area (Å²) < 4.78 is 2.03. The third-order valence-corrected chi connectivity index (χ3v) is 5.29. The molecular weight excluding hydrogens is 364 g/mol. The van der Waals surface area contributed by atoms with Crippen LogP contribution in [-0.2, 0) is 24.8 Å². The highest BCUT2D eigenvalue weighted by Crippen LogP contribution is 2.28. The van der Waals surface area contributed by atoms with Crippen molar-refractivity contribution in [2.75, 3.05) is 18.4 Å². The van der Waals surface area contributed by atoms with E-state index in [0.717, 1.165) is 36.2 Å². The number of nitrogens with one attached hydrogen (secondary N) is 1. The van der Waals surface area contributed by atoms with Crippen LogP contribution in [0.5, 0.6) is 0 Å². The van der Waals surface area contributed by atoms with Crippen molar-refractivity contribution in [3.63, 3.8) is 0 Å². The Morgan fingerprint density at radius 2 is 2.00 bits per heavy atom. The van der Waals surface area contributed by atoms with Gasteiger partial charge in [-0.3, -0.25) is 4.79 Å². The van der Waals surface area contributed by atoms with Gasteiger partial charge in [-0.1, -0.05) is 31.2 Å². The zero-order valence-electron chi connectivity index (χ0n) is 17.3. The number of urea groups is 1. The van der Waals surface area contributed by atoms with Gasteiger partial charge in [-0.15, -0.1) is 6.58 Å². The second-order valence-corrected chi connectivity index (χ2v) is 7.47. The highest BCUT2D eigenvalue weighted by Gasteiger charge is 2.34. The summed E-state index contributed by atoms with van der Waals surface area (Å²) in [6.07, 6.45) is 6.50. The van der Waals surface area contributed by atoms with Crippen LogP contribution in [0.4, 0.5) is 10.5 Å². The number of amides is 3. The van der Waals surface area contributed by atoms with Crippen LogP contribution >= 0.6 is 0 Å². The molecular formula is C23H30N4O2. The van der Waals surface area contributed by atoms with E-state index < -0.39 is 0 Å². The summed E-state index contributed by atoms with van der Waals surface area (Å²) in [4.78, 5) is 29.4. The molecule has 0 bridgehead atoms. The summed E-state index contributed by atoms with van der Waals surface area (Å²) in [7, 11) is 1.98. The molecule has 1 aromatic carbocycles. The number of hydrogen-bond acceptors (Lipinski definition) is 2. The third kappa shape index (κ3) is 5.28. The number of nitrogens with zero attached hydrogens (tertiary/aromatic N) is 3. The largest absolute Gasteiger partial charge is 0.353 e. The Morgan fingerprint density at radius 3 is 2.62 bits per heavy atom. The molecule has 3 rings (SSSR count). The molecule has 1 aliphatic rings. The first kappa shape index (κ1) is 20.7. The number of para-hydroxylation sites is 1. The fraction of sp³-hybridized carbons (Fsp3) is 0.391. The van der Waals surface area contributed by atoms with E-state index in [0.29, 0.717) is 13.1 Å². The Hall–Kier alpha value is -3.02. The van der Waals surface area contributed by atoms with Crippen molar-refractivity contribution >= 4 is 17.6 Å². The Labute approximate surface area is 172 Å². The van der Waals surface area contributed by atoms with Gasteiger partial charge in [0.25, 0.3) is 0 Å². The molecule has 29 heavy (non-hydrogen) atoms. The molecule has 0 atom stereocenters. The normalized spacial score (nSPS) is 13.0. The van der Waals surface area contributed by atoms with Gasteiger partial charge in [0.05, 0.1) is 6.54 Å². The van der Waals surface area contributed by atoms with Crippen molar-refractivity contribution in [2.24, 2.45) is 7.05 Å². The maximum Gasteiger partial charge on any atom is 0.322 e. The average Bonchev–Trinajstić information content (AvgIpc) is 3.48. The van der Waals surface area contributed by atoms with E-state index in [2.05, 4.69) is 11.9 Å². The lowest BCUT2D eigenvalue weighted by molar-refractivity contribution is -0.133. The highest BCUT2D eigenvalue weighted by molar-refractivity contribution is 5.93. The van der Waals surface area contributed by atoms with E-state index in [1.807, 2.05) is 66.0 Å². The molecule has 1 aromatic heterocycles. The minimum absolute atomic E-state index is 0.0329. The molecule has 154 valence electrons. The van der Waals surface area contributed by atoms with Gasteiger partial charge in [0.2, 0.25) is 5.91 Å². The second kappa shape index (κ2) is 9.45. The lowest BCUT2D eigenvalue weighted by Crippen LogP contribution is -2.45. The van der Waals surface area contributed by atoms with Gasteiger partial charge in [-0.2, -0.15) is 0 Å². The first-order valence-corrected chi connectivity index (χ1v) is 10.2. The molecule has 1 N–H and O–H groups in total. The number of hydrogen-bond donors (Lipinski definition) is 1. The molecule has 1 aliphatic carbocycles. The molecule has 1 heterocycles. The van der Waals surface area contributed by atoms with Crippen molar-refractivity contribution in [2.45, 2.75) is 38.8 Å². The fourth-order valence-electron chi connectivity index (χ4n) is 3.42. The molecule has 0 saturated heterocycles. The molecule has 2 aromatic rings. The fourth-order valence-corrected chi connectivity index (χ4v) is 3.42. The molecule has 6 nitrogen and oxygen atoms in total. The van der Waals surface area contributed by atoms with Crippen LogP contribution in [0.15, 0.2) is 55.3 Å². The van der Waals surface area contributed by atoms with Crippen LogP contribution in [0, 0.1) is 0 Å². The molecule has 3 amide bonds. The van der Waals surface area contributed by atoms with E-state index in [1.165, 1.54) is 4.90 Å². The minimum atomic E-state index is -0.284. The first-order chi connectivity index (χ1) is 14.0. The van der Waals surface area contributed by atoms with Crippen molar-refractivity contribution in [3.8, 4) is 0 Å². The predicted octanol–water partition coefficient (Wildman–Crippen LogP) is 3.80. The van der Waals surface area contributed by atoms with Crippen molar-refractivity contribution in [3.05, 3.63) is 66.5 Å². The summed E-state index contributed by atoms with van der Waals surface area (Å²) in [6, 6.07) is 11.7. The Morgan fingerprint density at radius 1 is 1.24 bits per heavy atom. The van der Waals surface area contributed by atoms with Crippen LogP contribution in [0.1, 0.15) is 31.0 Å². The van der Waals surface area contributed by atoms with Gasteiger partial charge in [-0.25, -0.2) is 4.79 Å². The molecule has 1 fully saturated rings. The minimum Gasteiger partial charge on any atom is -0.353 e. The number of carbonyl (C=O) groups is 2. The van der Waals surface area contributed by atoms with E-state index in [-0.39, 0.29) is 24.5 Å². The van der Waals surface area contributed by atoms with Crippen LogP contribution in [-0.4, -0.2) is 45.4 Å². The first-order valence-electron chi connectivity index (χ1n) is 10.2. The SMILES string of the molecule is C=CCN(CC(=O)N(Cc1cccn1C)C1CC1)C(=O)Nc1ccccc1CC. The summed E-state index contributed by atoms with van der Waals surface area (Å²) >= 11 is 0. The van der Waals surface area contributed by atoms with E-state index >= 15 is 0 Å². The average molecular weight is 395 g/mol. The third-order valence-electron chi connectivity index (χ3n) is 5.29. The summed E-state index contributed by atoms with van der Waals surface area (Å²) in [5.74, 6) is -0.0329. The maximum atomic E-state index is 13.1. The van der Waals surface area contributed by atoms with Gasteiger partial charge in [-0.05, 0) is 43.0 Å². The number of aromatic nitrogens is 1. The van der Waals surface area contributed by atoms with E-state index in [4.69, 9.17) is 0 Å². The van der Waals surface area contributed by atoms with Crippen molar-refractivity contribution in [1.29, 1.82) is 0 Å². The number of rotatable bonds is 9. The molecule has 0 radical (unpaired) electrons. The number of benzene rings is 1. The van der Waals surface area contributed by atoms with E-state index in [9.17, 15) is 9.59 Å². The Balaban J connectivity index is 1.69. The number of anilines is 1. The Bertz CT molecular complexity index is 869. The molecule has 1 saturated carbocycles. The second-order valence-electron chi connectivity index (χ2n) is 7.47. The standard InChI is InChI=1S/C23H30N4O2/c1-4-14-26(23(29)24-21-11-7-6-9-18(21)5-2)17-22(28)27(19-12-13-19)16-20-10-8-15-25(20)3/h4,6-11,15,19H,1,5,12-14,16-17H2,2-3H3,(H,24,29). The van der Waals surface area contributed by atoms with Crippen LogP contribution in [0.25, 0.3) is 0 Å². The summed E-state index contributed by atoms with van der Waals surface area (Å²) in [5.41, 5.74) is 2.93. The van der Waals surface area contributed by atoms with Gasteiger partial charge in [0, 0.05) is 37.2 Å². The van der Waals surface area contributed by atoms with Gasteiger partial charge >= 0.3 is 6.03 Å². The van der Waals surface area contributed by atoms with Crippen LogP contribution in [0.2, 0.25) is 0 Å². The summed E-state index contributed by atoms with van der Waals surface area (Å²) in [5, 5.41) is 2.95. The molecule has 6 heteroatoms. The summed E-state index contributed by atoms with van der Waals surface area (Å²) in [6.45, 7) is 6.71. The molecule has 0 aliphatic heterocycles. The monoisotopic (exact) mass is 394 g/mol. The van der Waals surface area contributed by atoms with E-state index in [1.54, 1.807) is 6.08 Å². The number of carbonyl (C=O) groups excluding carboxylic acids is 2.